The van der Waals surface area contributed by atoms with E-state index in [0.717, 1.165) is 18.2 Å². The molecule has 0 aliphatic heterocycles. The van der Waals surface area contributed by atoms with Crippen molar-refractivity contribution in [3.63, 3.8) is 0 Å². The molecule has 0 aliphatic carbocycles. The van der Waals surface area contributed by atoms with E-state index in [2.05, 4.69) is 27.0 Å². The Morgan fingerprint density at radius 3 is 1.82 bits per heavy atom. The van der Waals surface area contributed by atoms with E-state index >= 15 is 0 Å². The summed E-state index contributed by atoms with van der Waals surface area (Å²) in [5, 5.41) is 7.88. The Kier molecular flexibility index (Phi) is 18.9. The van der Waals surface area contributed by atoms with Crippen LogP contribution < -0.4 is 0 Å². The second kappa shape index (κ2) is 15.1. The van der Waals surface area contributed by atoms with E-state index in [0.29, 0.717) is 5.92 Å². The zero-order chi connectivity index (χ0) is 14.4. The van der Waals surface area contributed by atoms with Gasteiger partial charge in [0.1, 0.15) is 6.73 Å². The number of hydrogen-bond acceptors (Lipinski definition) is 2. The maximum Gasteiger partial charge on any atom is 0.123 e. The highest BCUT2D eigenvalue weighted by atomic mass is 19.2. The van der Waals surface area contributed by atoms with Crippen LogP contribution in [0.5, 0.6) is 0 Å². The highest BCUT2D eigenvalue weighted by molar-refractivity contribution is 5.23. The first kappa shape index (κ1) is 21.4. The monoisotopic (exact) mass is 245 g/mol. The largest absolute Gasteiger partial charge is 0.379 e. The predicted molar refractivity (Wildman–Crippen MR) is 75.2 cm³/mol. The molecule has 0 bridgehead atoms. The van der Waals surface area contributed by atoms with Crippen LogP contribution in [0.25, 0.3) is 0 Å². The molecule has 0 aromatic carbocycles. The van der Waals surface area contributed by atoms with Crippen LogP contribution in [0.4, 0.5) is 4.48 Å². The van der Waals surface area contributed by atoms with Gasteiger partial charge in [-0.25, -0.2) is 0 Å². The van der Waals surface area contributed by atoms with Crippen molar-refractivity contribution in [2.75, 3.05) is 13.8 Å². The van der Waals surface area contributed by atoms with Crippen LogP contribution in [0.2, 0.25) is 0 Å². The Morgan fingerprint density at radius 2 is 1.65 bits per heavy atom. The average Bonchev–Trinajstić information content (AvgIpc) is 2.29. The summed E-state index contributed by atoms with van der Waals surface area (Å²) in [4.78, 5) is 0. The van der Waals surface area contributed by atoms with Gasteiger partial charge < -0.3 is 5.11 Å². The van der Waals surface area contributed by atoms with Gasteiger partial charge in [-0.3, -0.25) is 0 Å². The molecule has 0 aliphatic rings. The third-order valence-electron chi connectivity index (χ3n) is 1.52. The third-order valence-corrected chi connectivity index (χ3v) is 1.52. The van der Waals surface area contributed by atoms with Gasteiger partial charge >= 0.3 is 0 Å². The van der Waals surface area contributed by atoms with Gasteiger partial charge in [0.05, 0.1) is 0 Å². The van der Waals surface area contributed by atoms with Gasteiger partial charge in [0.2, 0.25) is 0 Å². The van der Waals surface area contributed by atoms with Gasteiger partial charge in [0.15, 0.2) is 0 Å². The molecule has 1 N–H and O–H groups in total. The van der Waals surface area contributed by atoms with Crippen LogP contribution in [0, 0.1) is 5.92 Å². The molecule has 0 aromatic heterocycles. The van der Waals surface area contributed by atoms with Gasteiger partial charge in [-0.15, -0.1) is 9.60 Å². The lowest BCUT2D eigenvalue weighted by Gasteiger charge is -2.01. The number of aliphatic hydroxyl groups excluding tert-OH is 1. The van der Waals surface area contributed by atoms with Crippen molar-refractivity contribution < 1.29 is 9.59 Å². The number of nitrogens with zero attached hydrogens (tertiary/aromatic N) is 1. The second-order valence-corrected chi connectivity index (χ2v) is 3.66. The summed E-state index contributed by atoms with van der Waals surface area (Å²) in [5.74, 6) is 0.538. The van der Waals surface area contributed by atoms with Crippen molar-refractivity contribution in [2.24, 2.45) is 5.92 Å². The third kappa shape index (κ3) is 25.4. The lowest BCUT2D eigenvalue weighted by Crippen LogP contribution is -2.05. The van der Waals surface area contributed by atoms with E-state index in [1.54, 1.807) is 0 Å². The average molecular weight is 245 g/mol. The number of aliphatic hydroxyl groups is 1. The van der Waals surface area contributed by atoms with Crippen LogP contribution in [-0.2, 0) is 0 Å². The smallest absolute Gasteiger partial charge is 0.123 e. The standard InChI is InChI=1S/C10H16.C2H6FNO.C2H6/c1-8(2)6-7-10(5)9(3)4;1-4(3)2-5;1-2/h6-7,9H,1,5H2,2-4H3;5H,2H2,1H3;1-2H3/b7-6-;;. The van der Waals surface area contributed by atoms with Crippen molar-refractivity contribution in [2.45, 2.75) is 34.6 Å². The molecule has 0 aromatic rings. The molecule has 0 saturated heterocycles. The summed E-state index contributed by atoms with van der Waals surface area (Å²) in [7, 11) is 1.14. The van der Waals surface area contributed by atoms with Gasteiger partial charge in [0, 0.05) is 7.05 Å². The zero-order valence-corrected chi connectivity index (χ0v) is 12.1. The first-order valence-corrected chi connectivity index (χ1v) is 5.81. The van der Waals surface area contributed by atoms with E-state index in [9.17, 15) is 4.48 Å². The Labute approximate surface area is 106 Å². The minimum atomic E-state index is -0.528. The second-order valence-electron chi connectivity index (χ2n) is 3.66. The SMILES string of the molecule is C=C(C)/C=C\C(=C)C(C)C.CC.CN(F)CO. The quantitative estimate of drug-likeness (QED) is 0.458. The number of halogens is 1. The molecule has 102 valence electrons. The molecule has 0 saturated carbocycles. The van der Waals surface area contributed by atoms with Gasteiger partial charge in [-0.1, -0.05) is 64.2 Å². The maximum absolute atomic E-state index is 11.0. The Balaban J connectivity index is -0.000000236. The molecular formula is C14H28FNO. The number of hydrogen-bond donors (Lipinski definition) is 1. The fraction of sp³-hybridized carbons (Fsp3) is 0.571. The maximum atomic E-state index is 11.0. The summed E-state index contributed by atoms with van der Waals surface area (Å²) in [6.07, 6.45) is 4.01. The summed E-state index contributed by atoms with van der Waals surface area (Å²) < 4.78 is 11.0. The molecule has 0 fully saturated rings. The first-order chi connectivity index (χ1) is 7.81. The highest BCUT2D eigenvalue weighted by Crippen LogP contribution is 2.08. The molecule has 0 spiro atoms. The van der Waals surface area contributed by atoms with E-state index < -0.39 is 6.73 Å². The van der Waals surface area contributed by atoms with Crippen molar-refractivity contribution in [1.82, 2.24) is 5.12 Å². The molecule has 0 unspecified atom stereocenters. The van der Waals surface area contributed by atoms with Crippen LogP contribution in [0.3, 0.4) is 0 Å². The molecule has 17 heavy (non-hydrogen) atoms. The van der Waals surface area contributed by atoms with Crippen molar-refractivity contribution in [3.8, 4) is 0 Å². The van der Waals surface area contributed by atoms with Gasteiger partial charge in [-0.05, 0) is 12.8 Å². The minimum absolute atomic E-state index is 0.181. The van der Waals surface area contributed by atoms with Crippen molar-refractivity contribution >= 4 is 0 Å². The summed E-state index contributed by atoms with van der Waals surface area (Å²) in [6.45, 7) is 17.4. The Morgan fingerprint density at radius 1 is 1.29 bits per heavy atom. The van der Waals surface area contributed by atoms with E-state index in [4.69, 9.17) is 5.11 Å². The predicted octanol–water partition coefficient (Wildman–Crippen LogP) is 4.11. The molecule has 0 radical (unpaired) electrons. The summed E-state index contributed by atoms with van der Waals surface area (Å²) in [5.41, 5.74) is 2.23. The Hall–Kier alpha value is -0.930. The summed E-state index contributed by atoms with van der Waals surface area (Å²) >= 11 is 0. The van der Waals surface area contributed by atoms with Gasteiger partial charge in [-0.2, -0.15) is 0 Å². The van der Waals surface area contributed by atoms with Crippen molar-refractivity contribution in [1.29, 1.82) is 0 Å². The topological polar surface area (TPSA) is 23.5 Å². The fourth-order valence-corrected chi connectivity index (χ4v) is 0.442. The highest BCUT2D eigenvalue weighted by Gasteiger charge is 1.92. The molecular weight excluding hydrogens is 217 g/mol. The fourth-order valence-electron chi connectivity index (χ4n) is 0.442. The van der Waals surface area contributed by atoms with Crippen LogP contribution in [0.1, 0.15) is 34.6 Å². The normalized spacial score (nSPS) is 9.53. The molecule has 0 heterocycles. The van der Waals surface area contributed by atoms with E-state index in [1.165, 1.54) is 0 Å². The van der Waals surface area contributed by atoms with Gasteiger partial charge in [0.25, 0.3) is 0 Å². The zero-order valence-electron chi connectivity index (χ0n) is 12.1. The lowest BCUT2D eigenvalue weighted by molar-refractivity contribution is -0.0256. The molecule has 0 amide bonds. The molecule has 2 nitrogen and oxygen atoms in total. The van der Waals surface area contributed by atoms with Crippen LogP contribution in [-0.4, -0.2) is 24.0 Å². The van der Waals surface area contributed by atoms with Crippen molar-refractivity contribution in [3.05, 3.63) is 36.5 Å². The first-order valence-electron chi connectivity index (χ1n) is 5.81. The molecule has 3 heteroatoms. The minimum Gasteiger partial charge on any atom is -0.379 e. The Bertz CT molecular complexity index is 220. The number of allylic oxidation sites excluding steroid dienone is 4. The van der Waals surface area contributed by atoms with E-state index in [-0.39, 0.29) is 5.12 Å². The summed E-state index contributed by atoms with van der Waals surface area (Å²) in [6, 6.07) is 0. The number of rotatable bonds is 4. The van der Waals surface area contributed by atoms with Crippen LogP contribution in [0.15, 0.2) is 36.5 Å². The van der Waals surface area contributed by atoms with E-state index in [1.807, 2.05) is 32.9 Å². The lowest BCUT2D eigenvalue weighted by atomic mass is 10.0. The molecule has 0 rings (SSSR count). The van der Waals surface area contributed by atoms with Crippen LogP contribution >= 0.6 is 0 Å². The molecule has 0 atom stereocenters.